The molecule has 21 heavy (non-hydrogen) atoms. The number of anilines is 1. The zero-order valence-corrected chi connectivity index (χ0v) is 12.4. The van der Waals surface area contributed by atoms with Crippen molar-refractivity contribution in [3.63, 3.8) is 0 Å². The third-order valence-electron chi connectivity index (χ3n) is 2.46. The van der Waals surface area contributed by atoms with E-state index in [0.29, 0.717) is 0 Å². The number of sulfonamides is 1. The number of nitrogens with zero attached hydrogens (tertiary/aromatic N) is 2. The second kappa shape index (κ2) is 6.06. The Balaban J connectivity index is 2.23. The Labute approximate surface area is 126 Å². The van der Waals surface area contributed by atoms with Gasteiger partial charge in [-0.15, -0.1) is 10.2 Å². The summed E-state index contributed by atoms with van der Waals surface area (Å²) in [5.41, 5.74) is 0.253. The van der Waals surface area contributed by atoms with Crippen LogP contribution in [-0.2, 0) is 14.8 Å². The molecule has 0 amide bonds. The summed E-state index contributed by atoms with van der Waals surface area (Å²) in [5.74, 6) is -0.507. The predicted molar refractivity (Wildman–Crippen MR) is 75.6 cm³/mol. The zero-order chi connectivity index (χ0) is 15.5. The van der Waals surface area contributed by atoms with E-state index in [1.807, 2.05) is 0 Å². The molecule has 0 atom stereocenters. The molecule has 0 aliphatic carbocycles. The van der Waals surface area contributed by atoms with Gasteiger partial charge in [-0.2, -0.15) is 0 Å². The Bertz CT molecular complexity index is 745. The number of aromatic nitrogens is 2. The molecule has 0 saturated carbocycles. The maximum absolute atomic E-state index is 12.1. The topological polar surface area (TPSA) is 98.2 Å². The molecule has 0 radical (unpaired) electrons. The van der Waals surface area contributed by atoms with Crippen LogP contribution in [0.4, 0.5) is 5.82 Å². The first-order chi connectivity index (χ1) is 9.92. The Morgan fingerprint density at radius 2 is 1.81 bits per heavy atom. The van der Waals surface area contributed by atoms with Gasteiger partial charge in [0.1, 0.15) is 0 Å². The van der Waals surface area contributed by atoms with Crippen LogP contribution in [0.5, 0.6) is 0 Å². The largest absolute Gasteiger partial charge is 0.465 e. The van der Waals surface area contributed by atoms with Crippen molar-refractivity contribution in [2.24, 2.45) is 0 Å². The van der Waals surface area contributed by atoms with E-state index in [-0.39, 0.29) is 21.4 Å². The van der Waals surface area contributed by atoms with E-state index in [0.717, 1.165) is 0 Å². The van der Waals surface area contributed by atoms with Gasteiger partial charge in [0.2, 0.25) is 0 Å². The molecule has 1 aromatic carbocycles. The average molecular weight is 328 g/mol. The number of ether oxygens (including phenoxy) is 1. The van der Waals surface area contributed by atoms with Crippen LogP contribution in [-0.4, -0.2) is 31.7 Å². The SMILES string of the molecule is COC(=O)c1ccc(S(=O)(=O)Nc2ccc(Cl)nn2)cc1. The highest BCUT2D eigenvalue weighted by atomic mass is 35.5. The Hall–Kier alpha value is -2.19. The van der Waals surface area contributed by atoms with E-state index in [1.54, 1.807) is 0 Å². The number of hydrogen-bond acceptors (Lipinski definition) is 6. The van der Waals surface area contributed by atoms with Gasteiger partial charge in [0, 0.05) is 0 Å². The molecule has 0 unspecified atom stereocenters. The smallest absolute Gasteiger partial charge is 0.337 e. The van der Waals surface area contributed by atoms with Crippen LogP contribution in [0.1, 0.15) is 10.4 Å². The molecule has 1 heterocycles. The van der Waals surface area contributed by atoms with Gasteiger partial charge in [0.25, 0.3) is 10.0 Å². The summed E-state index contributed by atoms with van der Waals surface area (Å²) in [6.07, 6.45) is 0. The minimum absolute atomic E-state index is 0.0214. The molecule has 0 aliphatic heterocycles. The van der Waals surface area contributed by atoms with Crippen LogP contribution in [0.25, 0.3) is 0 Å². The maximum Gasteiger partial charge on any atom is 0.337 e. The van der Waals surface area contributed by atoms with Gasteiger partial charge in [0.15, 0.2) is 11.0 Å². The van der Waals surface area contributed by atoms with Crippen molar-refractivity contribution in [3.05, 3.63) is 47.1 Å². The van der Waals surface area contributed by atoms with Gasteiger partial charge in [-0.05, 0) is 36.4 Å². The lowest BCUT2D eigenvalue weighted by atomic mass is 10.2. The lowest BCUT2D eigenvalue weighted by molar-refractivity contribution is 0.0600. The fourth-order valence-electron chi connectivity index (χ4n) is 1.46. The van der Waals surface area contributed by atoms with Gasteiger partial charge in [-0.3, -0.25) is 4.72 Å². The summed E-state index contributed by atoms with van der Waals surface area (Å²) in [4.78, 5) is 11.3. The molecule has 0 aliphatic rings. The van der Waals surface area contributed by atoms with Gasteiger partial charge >= 0.3 is 5.97 Å². The quantitative estimate of drug-likeness (QED) is 0.858. The van der Waals surface area contributed by atoms with Crippen LogP contribution in [0.3, 0.4) is 0 Å². The van der Waals surface area contributed by atoms with Crippen molar-refractivity contribution >= 4 is 33.4 Å². The van der Waals surface area contributed by atoms with E-state index < -0.39 is 16.0 Å². The normalized spacial score (nSPS) is 11.0. The van der Waals surface area contributed by atoms with Gasteiger partial charge in [-0.1, -0.05) is 11.6 Å². The monoisotopic (exact) mass is 327 g/mol. The number of methoxy groups -OCH3 is 1. The summed E-state index contributed by atoms with van der Waals surface area (Å²) in [6, 6.07) is 8.08. The molecule has 0 spiro atoms. The molecule has 9 heteroatoms. The minimum atomic E-state index is -3.82. The molecular weight excluding hydrogens is 318 g/mol. The van der Waals surface area contributed by atoms with Crippen LogP contribution < -0.4 is 4.72 Å². The molecule has 0 saturated heterocycles. The van der Waals surface area contributed by atoms with Crippen LogP contribution >= 0.6 is 11.6 Å². The number of rotatable bonds is 4. The number of hydrogen-bond donors (Lipinski definition) is 1. The molecular formula is C12H10ClN3O4S. The highest BCUT2D eigenvalue weighted by molar-refractivity contribution is 7.92. The van der Waals surface area contributed by atoms with E-state index in [1.165, 1.54) is 43.5 Å². The highest BCUT2D eigenvalue weighted by Gasteiger charge is 2.16. The third-order valence-corrected chi connectivity index (χ3v) is 4.03. The number of esters is 1. The minimum Gasteiger partial charge on any atom is -0.465 e. The fourth-order valence-corrected chi connectivity index (χ4v) is 2.55. The first kappa shape index (κ1) is 15.2. The molecule has 7 nitrogen and oxygen atoms in total. The Morgan fingerprint density at radius 3 is 2.33 bits per heavy atom. The van der Waals surface area contributed by atoms with Crippen LogP contribution in [0.2, 0.25) is 5.15 Å². The number of halogens is 1. The summed E-state index contributed by atoms with van der Waals surface area (Å²) in [5, 5.41) is 7.29. The van der Waals surface area contributed by atoms with Gasteiger partial charge in [0.05, 0.1) is 17.6 Å². The highest BCUT2D eigenvalue weighted by Crippen LogP contribution is 2.15. The first-order valence-corrected chi connectivity index (χ1v) is 7.49. The number of benzene rings is 1. The maximum atomic E-state index is 12.1. The second-order valence-corrected chi connectivity index (χ2v) is 5.93. The molecule has 1 aromatic heterocycles. The van der Waals surface area contributed by atoms with Gasteiger partial charge < -0.3 is 4.74 Å². The predicted octanol–water partition coefficient (Wildman–Crippen LogP) is 1.72. The molecule has 0 fully saturated rings. The van der Waals surface area contributed by atoms with Crippen molar-refractivity contribution in [2.45, 2.75) is 4.90 Å². The Morgan fingerprint density at radius 1 is 1.14 bits per heavy atom. The van der Waals surface area contributed by atoms with Crippen molar-refractivity contribution in [1.29, 1.82) is 0 Å². The summed E-state index contributed by atoms with van der Waals surface area (Å²) in [7, 11) is -2.58. The van der Waals surface area contributed by atoms with Crippen LogP contribution in [0, 0.1) is 0 Å². The molecule has 2 rings (SSSR count). The van der Waals surface area contributed by atoms with E-state index in [2.05, 4.69) is 19.7 Å². The lowest BCUT2D eigenvalue weighted by Gasteiger charge is -2.07. The number of nitrogens with one attached hydrogen (secondary N) is 1. The first-order valence-electron chi connectivity index (χ1n) is 5.63. The number of carbonyl (C=O) groups excluding carboxylic acids is 1. The third kappa shape index (κ3) is 3.67. The molecule has 110 valence electrons. The molecule has 2 aromatic rings. The lowest BCUT2D eigenvalue weighted by Crippen LogP contribution is -2.14. The average Bonchev–Trinajstić information content (AvgIpc) is 2.49. The summed E-state index contributed by atoms with van der Waals surface area (Å²) < 4.78 is 31.0. The molecule has 1 N–H and O–H groups in total. The second-order valence-electron chi connectivity index (χ2n) is 3.86. The standard InChI is InChI=1S/C12H10ClN3O4S/c1-20-12(17)8-2-4-9(5-3-8)21(18,19)16-11-7-6-10(13)14-15-11/h2-7H,1H3,(H,15,16). The van der Waals surface area contributed by atoms with E-state index in [9.17, 15) is 13.2 Å². The summed E-state index contributed by atoms with van der Waals surface area (Å²) in [6.45, 7) is 0. The van der Waals surface area contributed by atoms with Crippen LogP contribution in [0.15, 0.2) is 41.3 Å². The van der Waals surface area contributed by atoms with Crippen molar-refractivity contribution in [1.82, 2.24) is 10.2 Å². The van der Waals surface area contributed by atoms with Gasteiger partial charge in [-0.25, -0.2) is 13.2 Å². The fraction of sp³-hybridized carbons (Fsp3) is 0.0833. The molecule has 0 bridgehead atoms. The van der Waals surface area contributed by atoms with Crippen molar-refractivity contribution in [2.75, 3.05) is 11.8 Å². The summed E-state index contributed by atoms with van der Waals surface area (Å²) >= 11 is 5.57. The van der Waals surface area contributed by atoms with Crippen molar-refractivity contribution < 1.29 is 17.9 Å². The zero-order valence-electron chi connectivity index (χ0n) is 10.8. The Kier molecular flexibility index (Phi) is 4.39. The number of carbonyl (C=O) groups is 1. The van der Waals surface area contributed by atoms with Crippen molar-refractivity contribution in [3.8, 4) is 0 Å². The van der Waals surface area contributed by atoms with E-state index in [4.69, 9.17) is 11.6 Å². The van der Waals surface area contributed by atoms with E-state index >= 15 is 0 Å².